The first-order valence-electron chi connectivity index (χ1n) is 9.86. The second kappa shape index (κ2) is 8.47. The Balaban J connectivity index is 1.56. The van der Waals surface area contributed by atoms with Crippen molar-refractivity contribution in [2.24, 2.45) is 0 Å². The smallest absolute Gasteiger partial charge is 0.270 e. The average Bonchev–Trinajstić information content (AvgIpc) is 2.91. The summed E-state index contributed by atoms with van der Waals surface area (Å²) in [4.78, 5) is 31.6. The number of likely N-dealkylation sites (N-methyl/N-ethyl adjacent to an activating group) is 1. The number of halogens is 1. The van der Waals surface area contributed by atoms with E-state index in [1.54, 1.807) is 49.5 Å². The number of ether oxygens (including phenoxy) is 1. The lowest BCUT2D eigenvalue weighted by Crippen LogP contribution is -2.49. The molecule has 8 heteroatoms. The van der Waals surface area contributed by atoms with Crippen molar-refractivity contribution < 1.29 is 18.7 Å². The molecule has 32 heavy (non-hydrogen) atoms. The second-order valence-electron chi connectivity index (χ2n) is 7.40. The Morgan fingerprint density at radius 2 is 1.97 bits per heavy atom. The first-order chi connectivity index (χ1) is 15.4. The predicted octanol–water partition coefficient (Wildman–Crippen LogP) is 3.22. The molecular weight excluding hydrogens is 411 g/mol. The number of nitrogens with zero attached hydrogens (tertiary/aromatic N) is 3. The number of carbonyl (C=O) groups is 2. The zero-order valence-electron chi connectivity index (χ0n) is 17.4. The number of hydrogen-bond acceptors (Lipinski definition) is 5. The Hall–Kier alpha value is -4.25. The Kier molecular flexibility index (Phi) is 5.56. The van der Waals surface area contributed by atoms with Gasteiger partial charge in [-0.1, -0.05) is 6.07 Å². The first-order valence-corrected chi connectivity index (χ1v) is 9.86. The Labute approximate surface area is 184 Å². The van der Waals surface area contributed by atoms with Crippen molar-refractivity contribution >= 4 is 17.5 Å². The molecule has 3 aromatic rings. The molecule has 1 N–H and O–H groups in total. The molecule has 160 valence electrons. The number of aryl methyl sites for hydroxylation is 1. The number of benzene rings is 2. The Morgan fingerprint density at radius 1 is 1.22 bits per heavy atom. The van der Waals surface area contributed by atoms with Crippen LogP contribution < -0.4 is 15.0 Å². The molecule has 0 fully saturated rings. The van der Waals surface area contributed by atoms with E-state index in [-0.39, 0.29) is 24.0 Å². The fourth-order valence-corrected chi connectivity index (χ4v) is 3.46. The van der Waals surface area contributed by atoms with Crippen molar-refractivity contribution in [3.05, 3.63) is 77.2 Å². The number of nitrogens with one attached hydrogen (secondary N) is 1. The molecular formula is C24H19FN4O3. The summed E-state index contributed by atoms with van der Waals surface area (Å²) in [5.74, 6) is -0.858. The van der Waals surface area contributed by atoms with Gasteiger partial charge in [-0.05, 0) is 55.0 Å². The zero-order chi connectivity index (χ0) is 22.8. The van der Waals surface area contributed by atoms with Crippen LogP contribution in [0.15, 0.2) is 54.6 Å². The molecule has 2 aromatic carbocycles. The molecule has 2 amide bonds. The quantitative estimate of drug-likeness (QED) is 0.688. The summed E-state index contributed by atoms with van der Waals surface area (Å²) in [7, 11) is 1.58. The van der Waals surface area contributed by atoms with Gasteiger partial charge in [0, 0.05) is 18.7 Å². The van der Waals surface area contributed by atoms with Crippen LogP contribution in [0.2, 0.25) is 0 Å². The highest BCUT2D eigenvalue weighted by Crippen LogP contribution is 2.31. The molecule has 0 bridgehead atoms. The fourth-order valence-electron chi connectivity index (χ4n) is 3.46. The van der Waals surface area contributed by atoms with Crippen molar-refractivity contribution in [1.29, 1.82) is 5.26 Å². The van der Waals surface area contributed by atoms with Gasteiger partial charge in [-0.25, -0.2) is 9.37 Å². The molecule has 4 rings (SSSR count). The fraction of sp³-hybridized carbons (Fsp3) is 0.167. The number of anilines is 1. The van der Waals surface area contributed by atoms with E-state index in [4.69, 9.17) is 10.00 Å². The minimum absolute atomic E-state index is 0.0898. The third-order valence-electron chi connectivity index (χ3n) is 5.24. The monoisotopic (exact) mass is 430 g/mol. The summed E-state index contributed by atoms with van der Waals surface area (Å²) in [6.07, 6.45) is 0. The minimum Gasteiger partial charge on any atom is -0.489 e. The second-order valence-corrected chi connectivity index (χ2v) is 7.40. The van der Waals surface area contributed by atoms with Crippen LogP contribution in [0.1, 0.15) is 21.6 Å². The number of carbonyl (C=O) groups excluding carboxylic acids is 2. The molecule has 7 nitrogen and oxygen atoms in total. The molecule has 1 aliphatic heterocycles. The number of rotatable bonds is 3. The van der Waals surface area contributed by atoms with Crippen LogP contribution in [0, 0.1) is 24.1 Å². The molecule has 1 aromatic heterocycles. The summed E-state index contributed by atoms with van der Waals surface area (Å²) in [6, 6.07) is 15.0. The molecule has 0 unspecified atom stereocenters. The number of amides is 2. The summed E-state index contributed by atoms with van der Waals surface area (Å²) in [6.45, 7) is 1.76. The van der Waals surface area contributed by atoms with Gasteiger partial charge >= 0.3 is 0 Å². The maximum atomic E-state index is 13.3. The topological polar surface area (TPSA) is 95.3 Å². The highest BCUT2D eigenvalue weighted by atomic mass is 19.1. The summed E-state index contributed by atoms with van der Waals surface area (Å²) in [5, 5.41) is 11.8. The molecule has 2 heterocycles. The highest BCUT2D eigenvalue weighted by molar-refractivity contribution is 6.03. The van der Waals surface area contributed by atoms with E-state index in [1.165, 1.54) is 17.0 Å². The van der Waals surface area contributed by atoms with Crippen LogP contribution >= 0.6 is 0 Å². The molecule has 0 radical (unpaired) electrons. The third kappa shape index (κ3) is 4.01. The van der Waals surface area contributed by atoms with Gasteiger partial charge in [-0.2, -0.15) is 5.26 Å². The van der Waals surface area contributed by atoms with Gasteiger partial charge in [-0.15, -0.1) is 0 Å². The number of aromatic nitrogens is 1. The van der Waals surface area contributed by atoms with Crippen molar-refractivity contribution in [2.75, 3.05) is 18.6 Å². The summed E-state index contributed by atoms with van der Waals surface area (Å²) >= 11 is 0. The van der Waals surface area contributed by atoms with Crippen LogP contribution in [-0.4, -0.2) is 36.5 Å². The van der Waals surface area contributed by atoms with E-state index in [1.807, 2.05) is 13.0 Å². The van der Waals surface area contributed by atoms with Gasteiger partial charge in [0.25, 0.3) is 11.8 Å². The van der Waals surface area contributed by atoms with E-state index in [0.717, 1.165) is 5.56 Å². The zero-order valence-corrected chi connectivity index (χ0v) is 17.4. The van der Waals surface area contributed by atoms with Crippen LogP contribution in [0.4, 0.5) is 10.1 Å². The number of hydrogen-bond donors (Lipinski definition) is 1. The van der Waals surface area contributed by atoms with Gasteiger partial charge < -0.3 is 15.0 Å². The minimum atomic E-state index is -0.942. The van der Waals surface area contributed by atoms with E-state index in [0.29, 0.717) is 28.3 Å². The first kappa shape index (κ1) is 21.0. The van der Waals surface area contributed by atoms with E-state index in [2.05, 4.69) is 10.3 Å². The van der Waals surface area contributed by atoms with Gasteiger partial charge in [0.05, 0.1) is 23.0 Å². The Morgan fingerprint density at radius 3 is 2.69 bits per heavy atom. The van der Waals surface area contributed by atoms with Crippen molar-refractivity contribution in [3.63, 3.8) is 0 Å². The SMILES string of the molecule is Cc1ccc(C(=O)N[C@H]2COc3cc(C#N)ccc3N(C)C2=O)nc1-c1ccc(F)cc1. The third-order valence-corrected chi connectivity index (χ3v) is 5.24. The molecule has 1 aliphatic rings. The van der Waals surface area contributed by atoms with E-state index >= 15 is 0 Å². The summed E-state index contributed by atoms with van der Waals surface area (Å²) < 4.78 is 19.0. The highest BCUT2D eigenvalue weighted by Gasteiger charge is 2.31. The van der Waals surface area contributed by atoms with Crippen LogP contribution in [0.5, 0.6) is 5.75 Å². The lowest BCUT2D eigenvalue weighted by molar-refractivity contribution is -0.120. The van der Waals surface area contributed by atoms with Crippen LogP contribution in [-0.2, 0) is 4.79 Å². The van der Waals surface area contributed by atoms with Gasteiger partial charge in [0.2, 0.25) is 0 Å². The maximum absolute atomic E-state index is 13.3. The van der Waals surface area contributed by atoms with Crippen molar-refractivity contribution in [3.8, 4) is 23.1 Å². The molecule has 0 saturated carbocycles. The number of pyridine rings is 1. The average molecular weight is 430 g/mol. The maximum Gasteiger partial charge on any atom is 0.270 e. The standard InChI is InChI=1S/C24H19FN4O3/c1-14-3-9-18(27-22(14)16-5-7-17(25)8-6-16)23(30)28-19-13-32-21-11-15(12-26)4-10-20(21)29(2)24(19)31/h3-11,19H,13H2,1-2H3,(H,28,30)/t19-/m0/s1. The number of nitriles is 1. The molecule has 0 spiro atoms. The van der Waals surface area contributed by atoms with Gasteiger partial charge in [-0.3, -0.25) is 9.59 Å². The lowest BCUT2D eigenvalue weighted by Gasteiger charge is -2.20. The van der Waals surface area contributed by atoms with E-state index < -0.39 is 11.9 Å². The normalized spacial score (nSPS) is 15.2. The molecule has 1 atom stereocenters. The summed E-state index contributed by atoms with van der Waals surface area (Å²) in [5.41, 5.74) is 3.09. The lowest BCUT2D eigenvalue weighted by atomic mass is 10.1. The Bertz CT molecular complexity index is 1250. The molecule has 0 aliphatic carbocycles. The van der Waals surface area contributed by atoms with Crippen LogP contribution in [0.3, 0.4) is 0 Å². The van der Waals surface area contributed by atoms with Crippen molar-refractivity contribution in [1.82, 2.24) is 10.3 Å². The van der Waals surface area contributed by atoms with Gasteiger partial charge in [0.15, 0.2) is 0 Å². The van der Waals surface area contributed by atoms with E-state index in [9.17, 15) is 14.0 Å². The molecule has 0 saturated heterocycles. The number of fused-ring (bicyclic) bond motifs is 1. The van der Waals surface area contributed by atoms with Crippen LogP contribution in [0.25, 0.3) is 11.3 Å². The predicted molar refractivity (Wildman–Crippen MR) is 116 cm³/mol. The van der Waals surface area contributed by atoms with Gasteiger partial charge in [0.1, 0.15) is 29.9 Å². The largest absolute Gasteiger partial charge is 0.489 e. The van der Waals surface area contributed by atoms with Crippen molar-refractivity contribution in [2.45, 2.75) is 13.0 Å².